The predicted octanol–water partition coefficient (Wildman–Crippen LogP) is 5.60. The molecule has 166 valence electrons. The fourth-order valence-electron chi connectivity index (χ4n) is 4.39. The molecule has 2 aromatic carbocycles. The van der Waals surface area contributed by atoms with E-state index < -0.39 is 6.04 Å². The molecule has 32 heavy (non-hydrogen) atoms. The molecule has 1 saturated carbocycles. The summed E-state index contributed by atoms with van der Waals surface area (Å²) >= 11 is 1.37. The number of para-hydroxylation sites is 1. The number of rotatable bonds is 6. The van der Waals surface area contributed by atoms with Crippen LogP contribution in [0.2, 0.25) is 0 Å². The van der Waals surface area contributed by atoms with E-state index in [0.717, 1.165) is 36.3 Å². The third-order valence-electron chi connectivity index (χ3n) is 5.92. The number of benzene rings is 2. The van der Waals surface area contributed by atoms with Crippen LogP contribution in [0.15, 0.2) is 60.7 Å². The minimum Gasteiger partial charge on any atom is -0.351 e. The van der Waals surface area contributed by atoms with Crippen molar-refractivity contribution in [2.75, 3.05) is 4.90 Å². The summed E-state index contributed by atoms with van der Waals surface area (Å²) in [5.41, 5.74) is 2.17. The Morgan fingerprint density at radius 1 is 0.969 bits per heavy atom. The summed E-state index contributed by atoms with van der Waals surface area (Å²) in [6, 6.07) is 18.4. The van der Waals surface area contributed by atoms with E-state index in [1.807, 2.05) is 74.5 Å². The molecule has 3 aromatic rings. The van der Waals surface area contributed by atoms with Crippen LogP contribution in [-0.2, 0) is 4.79 Å². The minimum absolute atomic E-state index is 0.140. The summed E-state index contributed by atoms with van der Waals surface area (Å²) in [4.78, 5) is 34.3. The first-order chi connectivity index (χ1) is 15.5. The molecule has 0 bridgehead atoms. The number of carbonyl (C=O) groups excluding carboxylic acids is 2. The summed E-state index contributed by atoms with van der Waals surface area (Å²) < 4.78 is 0. The van der Waals surface area contributed by atoms with Gasteiger partial charge in [-0.3, -0.25) is 14.5 Å². The summed E-state index contributed by atoms with van der Waals surface area (Å²) in [6.45, 7) is 3.74. The molecular formula is C26H29N3O2S. The zero-order valence-corrected chi connectivity index (χ0v) is 19.4. The zero-order valence-electron chi connectivity index (χ0n) is 18.6. The molecule has 1 fully saturated rings. The molecule has 1 unspecified atom stereocenters. The number of nitrogens with one attached hydrogen (secondary N) is 1. The number of carbonyl (C=O) groups is 2. The Labute approximate surface area is 193 Å². The molecule has 1 heterocycles. The standard InChI is InChI=1S/C26H29N3O2S/c1-18-24(32-19(2)27-18)26(31)29(22-16-10-5-11-17-22)23(20-12-6-3-7-13-20)25(30)28-21-14-8-4-9-15-21/h3,5-7,10-13,16-17,21,23H,4,8-9,14-15H2,1-2H3,(H,28,30). The first-order valence-corrected chi connectivity index (χ1v) is 12.0. The van der Waals surface area contributed by atoms with Crippen LogP contribution in [0.5, 0.6) is 0 Å². The van der Waals surface area contributed by atoms with Crippen molar-refractivity contribution in [3.05, 3.63) is 81.8 Å². The number of amides is 2. The van der Waals surface area contributed by atoms with Gasteiger partial charge in [-0.25, -0.2) is 4.98 Å². The molecular weight excluding hydrogens is 418 g/mol. The zero-order chi connectivity index (χ0) is 22.5. The highest BCUT2D eigenvalue weighted by molar-refractivity contribution is 7.13. The Hall–Kier alpha value is -2.99. The van der Waals surface area contributed by atoms with Crippen LogP contribution >= 0.6 is 11.3 Å². The van der Waals surface area contributed by atoms with Crippen molar-refractivity contribution >= 4 is 28.8 Å². The number of hydrogen-bond acceptors (Lipinski definition) is 4. The Kier molecular flexibility index (Phi) is 7.00. The topological polar surface area (TPSA) is 62.3 Å². The highest BCUT2D eigenvalue weighted by Gasteiger charge is 2.35. The largest absolute Gasteiger partial charge is 0.351 e. The van der Waals surface area contributed by atoms with Crippen LogP contribution in [-0.4, -0.2) is 22.8 Å². The molecule has 1 atom stereocenters. The van der Waals surface area contributed by atoms with Crippen molar-refractivity contribution < 1.29 is 9.59 Å². The Morgan fingerprint density at radius 2 is 1.59 bits per heavy atom. The number of hydrogen-bond donors (Lipinski definition) is 1. The van der Waals surface area contributed by atoms with Crippen molar-refractivity contribution in [3.8, 4) is 0 Å². The van der Waals surface area contributed by atoms with Crippen LogP contribution in [0.3, 0.4) is 0 Å². The summed E-state index contributed by atoms with van der Waals surface area (Å²) in [5, 5.41) is 4.08. The molecule has 0 radical (unpaired) electrons. The Balaban J connectivity index is 1.78. The molecule has 1 N–H and O–H groups in total. The van der Waals surface area contributed by atoms with E-state index in [4.69, 9.17) is 0 Å². The average molecular weight is 448 g/mol. The van der Waals surface area contributed by atoms with E-state index in [1.165, 1.54) is 17.8 Å². The van der Waals surface area contributed by atoms with Gasteiger partial charge >= 0.3 is 0 Å². The maximum atomic E-state index is 13.9. The van der Waals surface area contributed by atoms with E-state index in [0.29, 0.717) is 16.3 Å². The van der Waals surface area contributed by atoms with Crippen LogP contribution < -0.4 is 10.2 Å². The van der Waals surface area contributed by atoms with Crippen LogP contribution in [0.1, 0.15) is 64.1 Å². The number of aryl methyl sites for hydroxylation is 2. The van der Waals surface area contributed by atoms with Gasteiger partial charge in [0.1, 0.15) is 10.9 Å². The van der Waals surface area contributed by atoms with Gasteiger partial charge in [0.25, 0.3) is 5.91 Å². The molecule has 1 aliphatic rings. The van der Waals surface area contributed by atoms with E-state index in [1.54, 1.807) is 4.90 Å². The summed E-state index contributed by atoms with van der Waals surface area (Å²) in [6.07, 6.45) is 5.44. The second-order valence-electron chi connectivity index (χ2n) is 8.31. The van der Waals surface area contributed by atoms with Gasteiger partial charge in [0.2, 0.25) is 5.91 Å². The highest BCUT2D eigenvalue weighted by Crippen LogP contribution is 2.32. The third-order valence-corrected chi connectivity index (χ3v) is 6.99. The molecule has 0 spiro atoms. The molecule has 1 aliphatic carbocycles. The lowest BCUT2D eigenvalue weighted by Gasteiger charge is -2.33. The number of nitrogens with zero attached hydrogens (tertiary/aromatic N) is 2. The second kappa shape index (κ2) is 10.1. The van der Waals surface area contributed by atoms with Crippen LogP contribution in [0, 0.1) is 13.8 Å². The first-order valence-electron chi connectivity index (χ1n) is 11.2. The van der Waals surface area contributed by atoms with Gasteiger partial charge in [0.15, 0.2) is 0 Å². The van der Waals surface area contributed by atoms with Gasteiger partial charge in [-0.05, 0) is 44.4 Å². The van der Waals surface area contributed by atoms with Gasteiger partial charge in [0.05, 0.1) is 10.7 Å². The van der Waals surface area contributed by atoms with E-state index in [2.05, 4.69) is 10.3 Å². The molecule has 4 rings (SSSR count). The minimum atomic E-state index is -0.769. The van der Waals surface area contributed by atoms with Crippen LogP contribution in [0.4, 0.5) is 5.69 Å². The monoisotopic (exact) mass is 447 g/mol. The lowest BCUT2D eigenvalue weighted by molar-refractivity contribution is -0.123. The third kappa shape index (κ3) is 4.91. The van der Waals surface area contributed by atoms with Gasteiger partial charge in [-0.1, -0.05) is 67.8 Å². The number of anilines is 1. The molecule has 6 heteroatoms. The van der Waals surface area contributed by atoms with Crippen molar-refractivity contribution in [1.29, 1.82) is 0 Å². The highest BCUT2D eigenvalue weighted by atomic mass is 32.1. The van der Waals surface area contributed by atoms with Gasteiger partial charge in [-0.2, -0.15) is 0 Å². The lowest BCUT2D eigenvalue weighted by Crippen LogP contribution is -2.47. The van der Waals surface area contributed by atoms with E-state index >= 15 is 0 Å². The normalized spacial score (nSPS) is 15.2. The molecule has 2 amide bonds. The number of thiazole rings is 1. The van der Waals surface area contributed by atoms with Crippen molar-refractivity contribution in [1.82, 2.24) is 10.3 Å². The first kappa shape index (κ1) is 22.2. The van der Waals surface area contributed by atoms with Crippen molar-refractivity contribution in [2.45, 2.75) is 58.0 Å². The smallest absolute Gasteiger partial charge is 0.271 e. The van der Waals surface area contributed by atoms with Crippen molar-refractivity contribution in [3.63, 3.8) is 0 Å². The van der Waals surface area contributed by atoms with Gasteiger partial charge in [0, 0.05) is 11.7 Å². The SMILES string of the molecule is Cc1nc(C)c(C(=O)N(c2ccccc2)C(C(=O)NC2CCCCC2)c2ccccc2)s1. The molecule has 5 nitrogen and oxygen atoms in total. The second-order valence-corrected chi connectivity index (χ2v) is 9.52. The van der Waals surface area contributed by atoms with E-state index in [9.17, 15) is 9.59 Å². The molecule has 1 aromatic heterocycles. The van der Waals surface area contributed by atoms with Crippen molar-refractivity contribution in [2.24, 2.45) is 0 Å². The summed E-state index contributed by atoms with van der Waals surface area (Å²) in [5.74, 6) is -0.342. The maximum absolute atomic E-state index is 13.9. The molecule has 0 saturated heterocycles. The fraction of sp³-hybridized carbons (Fsp3) is 0.346. The maximum Gasteiger partial charge on any atom is 0.271 e. The van der Waals surface area contributed by atoms with Gasteiger partial charge < -0.3 is 5.32 Å². The fourth-order valence-corrected chi connectivity index (χ4v) is 5.25. The number of aromatic nitrogens is 1. The Morgan fingerprint density at radius 3 is 2.19 bits per heavy atom. The summed E-state index contributed by atoms with van der Waals surface area (Å²) in [7, 11) is 0. The van der Waals surface area contributed by atoms with Crippen LogP contribution in [0.25, 0.3) is 0 Å². The Bertz CT molecular complexity index is 1060. The average Bonchev–Trinajstić information content (AvgIpc) is 3.16. The predicted molar refractivity (Wildman–Crippen MR) is 129 cm³/mol. The lowest BCUT2D eigenvalue weighted by atomic mass is 9.94. The quantitative estimate of drug-likeness (QED) is 0.535. The van der Waals surface area contributed by atoms with E-state index in [-0.39, 0.29) is 17.9 Å². The molecule has 0 aliphatic heterocycles. The van der Waals surface area contributed by atoms with Gasteiger partial charge in [-0.15, -0.1) is 11.3 Å².